The van der Waals surface area contributed by atoms with Crippen LogP contribution < -0.4 is 0 Å². The molecule has 0 aliphatic carbocycles. The van der Waals surface area contributed by atoms with Crippen molar-refractivity contribution in [1.82, 2.24) is 0 Å². The Labute approximate surface area is 67.0 Å². The van der Waals surface area contributed by atoms with Gasteiger partial charge in [0, 0.05) is 6.92 Å². The van der Waals surface area contributed by atoms with Crippen molar-refractivity contribution in [2.24, 2.45) is 0 Å². The van der Waals surface area contributed by atoms with Gasteiger partial charge in [-0.1, -0.05) is 0 Å². The molecule has 0 saturated carbocycles. The fourth-order valence-electron chi connectivity index (χ4n) is 0. The van der Waals surface area contributed by atoms with E-state index in [1.807, 2.05) is 0 Å². The first-order valence-corrected chi connectivity index (χ1v) is 4.14. The smallest absolute Gasteiger partial charge is 0.452 e. The van der Waals surface area contributed by atoms with E-state index in [9.17, 15) is 22.0 Å². The van der Waals surface area contributed by atoms with Crippen LogP contribution in [0.3, 0.4) is 0 Å². The molecule has 1 nitrogen and oxygen atoms in total. The van der Waals surface area contributed by atoms with E-state index in [1.54, 1.807) is 0 Å². The lowest BCUT2D eigenvalue weighted by Crippen LogP contribution is -2.32. The summed E-state index contributed by atoms with van der Waals surface area (Å²) in [7, 11) is 1.86. The van der Waals surface area contributed by atoms with E-state index in [2.05, 4.69) is 4.12 Å². The first-order valence-electron chi connectivity index (χ1n) is 2.51. The highest BCUT2D eigenvalue weighted by atomic mass is 28.3. The third-order valence-corrected chi connectivity index (χ3v) is 0.498. The van der Waals surface area contributed by atoms with E-state index in [4.69, 9.17) is 0 Å². The Kier molecular flexibility index (Phi) is 5.98. The van der Waals surface area contributed by atoms with Crippen LogP contribution >= 0.6 is 0 Å². The number of hydrogen-bond donors (Lipinski definition) is 0. The summed E-state index contributed by atoms with van der Waals surface area (Å²) >= 11 is 0. The SMILES string of the molecule is CC(F)(F)C(F)(F)F.[SiH3]O[SiH3]. The highest BCUT2D eigenvalue weighted by Gasteiger charge is 2.52. The lowest BCUT2D eigenvalue weighted by atomic mass is 10.4. The van der Waals surface area contributed by atoms with Crippen molar-refractivity contribution in [3.63, 3.8) is 0 Å². The van der Waals surface area contributed by atoms with E-state index in [0.29, 0.717) is 0 Å². The van der Waals surface area contributed by atoms with Gasteiger partial charge in [-0.3, -0.25) is 0 Å². The van der Waals surface area contributed by atoms with Crippen LogP contribution in [0.1, 0.15) is 6.92 Å². The van der Waals surface area contributed by atoms with Crippen LogP contribution in [0.15, 0.2) is 0 Å². The second kappa shape index (κ2) is 4.83. The van der Waals surface area contributed by atoms with E-state index < -0.39 is 12.1 Å². The minimum absolute atomic E-state index is 0.188. The molecule has 0 aromatic heterocycles. The van der Waals surface area contributed by atoms with Gasteiger partial charge < -0.3 is 4.12 Å². The average molecular weight is 212 g/mol. The maximum absolute atomic E-state index is 11.1. The van der Waals surface area contributed by atoms with Crippen molar-refractivity contribution in [2.45, 2.75) is 19.0 Å². The van der Waals surface area contributed by atoms with Crippen LogP contribution in [0.2, 0.25) is 0 Å². The standard InChI is InChI=1S/C3H3F5.H6OSi2/c1-2(4,5)3(6,7)8;2-1-3/h1H3;2-3H3. The van der Waals surface area contributed by atoms with Crippen molar-refractivity contribution in [2.75, 3.05) is 0 Å². The van der Waals surface area contributed by atoms with Gasteiger partial charge in [0.2, 0.25) is 0 Å². The second-order valence-electron chi connectivity index (χ2n) is 1.79. The summed E-state index contributed by atoms with van der Waals surface area (Å²) in [5, 5.41) is 0. The Balaban J connectivity index is 0. The lowest BCUT2D eigenvalue weighted by molar-refractivity contribution is -0.273. The molecule has 0 fully saturated rings. The Bertz CT molecular complexity index is 84.9. The number of alkyl halides is 5. The monoisotopic (exact) mass is 212 g/mol. The van der Waals surface area contributed by atoms with E-state index in [1.165, 1.54) is 0 Å². The van der Waals surface area contributed by atoms with Crippen LogP contribution in [-0.2, 0) is 4.12 Å². The molecule has 0 aromatic rings. The van der Waals surface area contributed by atoms with Gasteiger partial charge in [-0.15, -0.1) is 0 Å². The summed E-state index contributed by atoms with van der Waals surface area (Å²) in [6.45, 7) is -0.188. The van der Waals surface area contributed by atoms with E-state index >= 15 is 0 Å². The topological polar surface area (TPSA) is 9.23 Å². The summed E-state index contributed by atoms with van der Waals surface area (Å²) in [6, 6.07) is 0. The summed E-state index contributed by atoms with van der Waals surface area (Å²) in [5.41, 5.74) is 0. The molecule has 0 rings (SSSR count). The van der Waals surface area contributed by atoms with Gasteiger partial charge in [0.05, 0.1) is 0 Å². The summed E-state index contributed by atoms with van der Waals surface area (Å²) < 4.78 is 59.2. The molecule has 0 aliphatic rings. The molecule has 0 amide bonds. The summed E-state index contributed by atoms with van der Waals surface area (Å²) in [5.74, 6) is -4.56. The van der Waals surface area contributed by atoms with Gasteiger partial charge in [0.1, 0.15) is 21.0 Å². The molecule has 0 unspecified atom stereocenters. The minimum atomic E-state index is -5.40. The predicted molar refractivity (Wildman–Crippen MR) is 37.6 cm³/mol. The molecule has 0 heterocycles. The minimum Gasteiger partial charge on any atom is -0.471 e. The van der Waals surface area contributed by atoms with Gasteiger partial charge in [0.25, 0.3) is 0 Å². The lowest BCUT2D eigenvalue weighted by Gasteiger charge is -2.12. The fourth-order valence-corrected chi connectivity index (χ4v) is 0. The van der Waals surface area contributed by atoms with Gasteiger partial charge in [-0.25, -0.2) is 0 Å². The average Bonchev–Trinajstić information content (AvgIpc) is 1.60. The van der Waals surface area contributed by atoms with Crippen LogP contribution in [0.5, 0.6) is 0 Å². The normalized spacial score (nSPS) is 12.5. The Morgan fingerprint density at radius 2 is 1.09 bits per heavy atom. The van der Waals surface area contributed by atoms with Crippen molar-refractivity contribution >= 4 is 21.0 Å². The zero-order valence-corrected chi connectivity index (χ0v) is 10.3. The molecule has 0 bridgehead atoms. The van der Waals surface area contributed by atoms with E-state index in [0.717, 1.165) is 21.0 Å². The zero-order chi connectivity index (χ0) is 9.71. The maximum Gasteiger partial charge on any atom is 0.452 e. The Hall–Kier alpha value is 0.0438. The molecule has 0 atom stereocenters. The molecular weight excluding hydrogens is 203 g/mol. The third kappa shape index (κ3) is 7.95. The molecule has 0 N–H and O–H groups in total. The Morgan fingerprint density at radius 1 is 1.00 bits per heavy atom. The predicted octanol–water partition coefficient (Wildman–Crippen LogP) is -0.232. The zero-order valence-electron chi connectivity index (χ0n) is 6.30. The first-order chi connectivity index (χ1) is 4.66. The first kappa shape index (κ1) is 13.6. The van der Waals surface area contributed by atoms with Crippen LogP contribution in [0.4, 0.5) is 22.0 Å². The quantitative estimate of drug-likeness (QED) is 0.398. The summed E-state index contributed by atoms with van der Waals surface area (Å²) in [6.07, 6.45) is -5.40. The molecular formula is C3H9F5OSi2. The molecule has 0 radical (unpaired) electrons. The van der Waals surface area contributed by atoms with Crippen LogP contribution in [-0.4, -0.2) is 33.1 Å². The van der Waals surface area contributed by atoms with Crippen molar-refractivity contribution < 1.29 is 26.1 Å². The van der Waals surface area contributed by atoms with Crippen LogP contribution in [0.25, 0.3) is 0 Å². The van der Waals surface area contributed by atoms with E-state index in [-0.39, 0.29) is 6.92 Å². The van der Waals surface area contributed by atoms with Gasteiger partial charge in [-0.2, -0.15) is 22.0 Å². The highest BCUT2D eigenvalue weighted by molar-refractivity contribution is 6.15. The van der Waals surface area contributed by atoms with Crippen LogP contribution in [0, 0.1) is 0 Å². The largest absolute Gasteiger partial charge is 0.471 e. The molecule has 0 aliphatic heterocycles. The number of halogens is 5. The van der Waals surface area contributed by atoms with Crippen molar-refractivity contribution in [3.05, 3.63) is 0 Å². The molecule has 8 heteroatoms. The second-order valence-corrected chi connectivity index (χ2v) is 5.06. The number of hydrogen-bond acceptors (Lipinski definition) is 1. The third-order valence-electron chi connectivity index (χ3n) is 0.498. The number of rotatable bonds is 0. The summed E-state index contributed by atoms with van der Waals surface area (Å²) in [4.78, 5) is 0. The van der Waals surface area contributed by atoms with Crippen molar-refractivity contribution in [1.29, 1.82) is 0 Å². The highest BCUT2D eigenvalue weighted by Crippen LogP contribution is 2.34. The maximum atomic E-state index is 11.1. The fraction of sp³-hybridized carbons (Fsp3) is 1.00. The van der Waals surface area contributed by atoms with Gasteiger partial charge >= 0.3 is 12.1 Å². The Morgan fingerprint density at radius 3 is 1.09 bits per heavy atom. The van der Waals surface area contributed by atoms with Gasteiger partial charge in [0.15, 0.2) is 0 Å². The molecule has 0 aromatic carbocycles. The molecule has 11 heavy (non-hydrogen) atoms. The molecule has 70 valence electrons. The van der Waals surface area contributed by atoms with Gasteiger partial charge in [-0.05, 0) is 0 Å². The van der Waals surface area contributed by atoms with Crippen molar-refractivity contribution in [3.8, 4) is 0 Å². The molecule has 0 spiro atoms. The molecule has 0 saturated heterocycles.